The lowest BCUT2D eigenvalue weighted by atomic mass is 10.0. The highest BCUT2D eigenvalue weighted by atomic mass is 79.9. The summed E-state index contributed by atoms with van der Waals surface area (Å²) in [7, 11) is 0. The molecule has 0 aliphatic heterocycles. The molecule has 4 heteroatoms. The van der Waals surface area contributed by atoms with Crippen molar-refractivity contribution in [3.63, 3.8) is 0 Å². The summed E-state index contributed by atoms with van der Waals surface area (Å²) in [4.78, 5) is 0. The van der Waals surface area contributed by atoms with Crippen LogP contribution in [0.5, 0.6) is 5.75 Å². The number of aliphatic hydroxyl groups is 1. The van der Waals surface area contributed by atoms with Crippen molar-refractivity contribution in [2.75, 3.05) is 13.2 Å². The van der Waals surface area contributed by atoms with Gasteiger partial charge < -0.3 is 15.2 Å². The van der Waals surface area contributed by atoms with Gasteiger partial charge >= 0.3 is 0 Å². The van der Waals surface area contributed by atoms with Crippen LogP contribution in [0.1, 0.15) is 33.3 Å². The topological polar surface area (TPSA) is 41.5 Å². The third kappa shape index (κ3) is 3.43. The molecule has 0 bridgehead atoms. The van der Waals surface area contributed by atoms with Gasteiger partial charge in [-0.25, -0.2) is 0 Å². The second-order valence-corrected chi connectivity index (χ2v) is 8.04. The molecule has 2 rings (SSSR count). The summed E-state index contributed by atoms with van der Waals surface area (Å²) in [5.41, 5.74) is 1.75. The molecule has 3 nitrogen and oxygen atoms in total. The Morgan fingerprint density at radius 1 is 1.29 bits per heavy atom. The zero-order chi connectivity index (χ0) is 15.8. The first kappa shape index (κ1) is 16.8. The van der Waals surface area contributed by atoms with Gasteiger partial charge in [-0.2, -0.15) is 0 Å². The lowest BCUT2D eigenvalue weighted by Gasteiger charge is -2.15. The molecule has 1 atom stereocenters. The van der Waals surface area contributed by atoms with Gasteiger partial charge in [-0.15, -0.1) is 0 Å². The van der Waals surface area contributed by atoms with Crippen molar-refractivity contribution >= 4 is 15.9 Å². The van der Waals surface area contributed by atoms with E-state index in [-0.39, 0.29) is 10.8 Å². The first-order valence-corrected chi connectivity index (χ1v) is 8.26. The van der Waals surface area contributed by atoms with Crippen molar-refractivity contribution in [1.82, 2.24) is 5.32 Å². The molecular formula is C17H26BrNO2. The van der Waals surface area contributed by atoms with Gasteiger partial charge in [0.1, 0.15) is 18.5 Å². The maximum atomic E-state index is 10.1. The zero-order valence-corrected chi connectivity index (χ0v) is 15.1. The van der Waals surface area contributed by atoms with Gasteiger partial charge in [-0.1, -0.05) is 33.8 Å². The van der Waals surface area contributed by atoms with Crippen LogP contribution < -0.4 is 10.1 Å². The van der Waals surface area contributed by atoms with Crippen LogP contribution in [-0.2, 0) is 0 Å². The third-order valence-corrected chi connectivity index (χ3v) is 5.72. The Bertz CT molecular complexity index is 500. The fourth-order valence-electron chi connectivity index (χ4n) is 2.93. The monoisotopic (exact) mass is 355 g/mol. The first-order valence-electron chi connectivity index (χ1n) is 7.46. The molecule has 21 heavy (non-hydrogen) atoms. The molecule has 0 aromatic heterocycles. The minimum atomic E-state index is -0.509. The number of aliphatic hydroxyl groups excluding tert-OH is 1. The van der Waals surface area contributed by atoms with Crippen LogP contribution >= 0.6 is 15.9 Å². The van der Waals surface area contributed by atoms with Gasteiger partial charge in [0.25, 0.3) is 0 Å². The Morgan fingerprint density at radius 2 is 1.90 bits per heavy atom. The molecule has 1 aromatic rings. The average Bonchev–Trinajstić information content (AvgIpc) is 2.76. The molecule has 1 aromatic carbocycles. The summed E-state index contributed by atoms with van der Waals surface area (Å²) in [6.07, 6.45) is -0.509. The molecule has 0 spiro atoms. The fraction of sp³-hybridized carbons (Fsp3) is 0.647. The highest BCUT2D eigenvalue weighted by Gasteiger charge is 2.64. The molecule has 1 saturated carbocycles. The maximum Gasteiger partial charge on any atom is 0.133 e. The van der Waals surface area contributed by atoms with E-state index in [1.54, 1.807) is 0 Å². The van der Waals surface area contributed by atoms with E-state index < -0.39 is 6.10 Å². The van der Waals surface area contributed by atoms with Gasteiger partial charge in [0.05, 0.1) is 4.47 Å². The van der Waals surface area contributed by atoms with Crippen molar-refractivity contribution in [3.05, 3.63) is 28.2 Å². The Kier molecular flexibility index (Phi) is 4.72. The second-order valence-electron chi connectivity index (χ2n) is 7.18. The summed E-state index contributed by atoms with van der Waals surface area (Å²) in [6, 6.07) is 6.38. The smallest absolute Gasteiger partial charge is 0.133 e. The minimum Gasteiger partial charge on any atom is -0.490 e. The van der Waals surface area contributed by atoms with Crippen LogP contribution in [0.3, 0.4) is 0 Å². The van der Waals surface area contributed by atoms with Crippen LogP contribution in [0.25, 0.3) is 0 Å². The lowest BCUT2D eigenvalue weighted by molar-refractivity contribution is 0.104. The van der Waals surface area contributed by atoms with Crippen LogP contribution in [0.4, 0.5) is 0 Å². The van der Waals surface area contributed by atoms with E-state index in [0.29, 0.717) is 19.2 Å². The number of halogens is 1. The third-order valence-electron chi connectivity index (χ3n) is 5.10. The molecule has 0 radical (unpaired) electrons. The highest BCUT2D eigenvalue weighted by Crippen LogP contribution is 2.62. The van der Waals surface area contributed by atoms with E-state index in [1.807, 2.05) is 25.1 Å². The number of benzene rings is 1. The standard InChI is InChI=1S/C17H26BrNO2/c1-11-6-7-14(13(18)8-11)21-10-12(20)9-19-15-16(2,3)17(15,4)5/h6-8,12,15,19-20H,9-10H2,1-5H3. The Hall–Kier alpha value is -0.580. The molecule has 2 N–H and O–H groups in total. The molecule has 0 saturated heterocycles. The van der Waals surface area contributed by atoms with Crippen LogP contribution in [0, 0.1) is 17.8 Å². The summed E-state index contributed by atoms with van der Waals surface area (Å²) >= 11 is 3.48. The molecular weight excluding hydrogens is 330 g/mol. The van der Waals surface area contributed by atoms with Gasteiger partial charge in [0.15, 0.2) is 0 Å². The molecule has 1 aliphatic rings. The SMILES string of the molecule is Cc1ccc(OCC(O)CNC2C(C)(C)C2(C)C)c(Br)c1. The Labute approximate surface area is 136 Å². The molecule has 1 unspecified atom stereocenters. The molecule has 1 fully saturated rings. The normalized spacial score (nSPS) is 21.1. The van der Waals surface area contributed by atoms with Crippen LogP contribution in [-0.4, -0.2) is 30.4 Å². The van der Waals surface area contributed by atoms with E-state index in [1.165, 1.54) is 5.56 Å². The maximum absolute atomic E-state index is 10.1. The average molecular weight is 356 g/mol. The number of nitrogens with one attached hydrogen (secondary N) is 1. The molecule has 1 aliphatic carbocycles. The fourth-order valence-corrected chi connectivity index (χ4v) is 3.54. The Morgan fingerprint density at radius 3 is 2.43 bits per heavy atom. The van der Waals surface area contributed by atoms with E-state index in [4.69, 9.17) is 4.74 Å². The van der Waals surface area contributed by atoms with Crippen molar-refractivity contribution in [2.45, 2.75) is 46.8 Å². The van der Waals surface area contributed by atoms with Crippen LogP contribution in [0.15, 0.2) is 22.7 Å². The summed E-state index contributed by atoms with van der Waals surface area (Å²) in [5, 5.41) is 13.5. The number of ether oxygens (including phenoxy) is 1. The number of hydrogen-bond acceptors (Lipinski definition) is 3. The summed E-state index contributed by atoms with van der Waals surface area (Å²) in [5.74, 6) is 0.770. The quantitative estimate of drug-likeness (QED) is 0.820. The second kappa shape index (κ2) is 5.90. The van der Waals surface area contributed by atoms with Gasteiger partial charge in [0.2, 0.25) is 0 Å². The minimum absolute atomic E-state index is 0.285. The van der Waals surface area contributed by atoms with E-state index >= 15 is 0 Å². The zero-order valence-electron chi connectivity index (χ0n) is 13.5. The largest absolute Gasteiger partial charge is 0.490 e. The van der Waals surface area contributed by atoms with Gasteiger partial charge in [0, 0.05) is 12.6 Å². The number of aryl methyl sites for hydroxylation is 1. The Balaban J connectivity index is 1.77. The van der Waals surface area contributed by atoms with E-state index in [9.17, 15) is 5.11 Å². The predicted octanol–water partition coefficient (Wildman–Crippen LogP) is 3.52. The number of rotatable bonds is 6. The van der Waals surface area contributed by atoms with Crippen molar-refractivity contribution in [3.8, 4) is 5.75 Å². The van der Waals surface area contributed by atoms with E-state index in [2.05, 4.69) is 48.9 Å². The highest BCUT2D eigenvalue weighted by molar-refractivity contribution is 9.10. The molecule has 118 valence electrons. The van der Waals surface area contributed by atoms with Crippen LogP contribution in [0.2, 0.25) is 0 Å². The summed E-state index contributed by atoms with van der Waals surface area (Å²) < 4.78 is 6.60. The number of hydrogen-bond donors (Lipinski definition) is 2. The van der Waals surface area contributed by atoms with Crippen molar-refractivity contribution in [2.24, 2.45) is 10.8 Å². The van der Waals surface area contributed by atoms with Gasteiger partial charge in [-0.3, -0.25) is 0 Å². The van der Waals surface area contributed by atoms with E-state index in [0.717, 1.165) is 10.2 Å². The first-order chi connectivity index (χ1) is 9.66. The predicted molar refractivity (Wildman–Crippen MR) is 89.7 cm³/mol. The van der Waals surface area contributed by atoms with Crippen molar-refractivity contribution in [1.29, 1.82) is 0 Å². The lowest BCUT2D eigenvalue weighted by Crippen LogP contribution is -2.34. The van der Waals surface area contributed by atoms with Crippen molar-refractivity contribution < 1.29 is 9.84 Å². The molecule has 0 heterocycles. The van der Waals surface area contributed by atoms with Gasteiger partial charge in [-0.05, 0) is 51.4 Å². The summed E-state index contributed by atoms with van der Waals surface area (Å²) in [6.45, 7) is 11.9. The molecule has 0 amide bonds.